The quantitative estimate of drug-likeness (QED) is 0.565. The molecule has 2 aliphatic carbocycles. The van der Waals surface area contributed by atoms with Gasteiger partial charge in [0.1, 0.15) is 5.82 Å². The highest BCUT2D eigenvalue weighted by Gasteiger charge is 2.36. The van der Waals surface area contributed by atoms with Crippen molar-refractivity contribution >= 4 is 28.9 Å². The van der Waals surface area contributed by atoms with Crippen LogP contribution in [0, 0.1) is 0 Å². The van der Waals surface area contributed by atoms with E-state index in [9.17, 15) is 4.79 Å². The van der Waals surface area contributed by atoms with Gasteiger partial charge in [-0.2, -0.15) is 0 Å². The summed E-state index contributed by atoms with van der Waals surface area (Å²) in [5, 5.41) is 9.68. The molecule has 0 atom stereocenters. The van der Waals surface area contributed by atoms with Gasteiger partial charge in [0.2, 0.25) is 0 Å². The van der Waals surface area contributed by atoms with Crippen LogP contribution in [0.2, 0.25) is 0 Å². The third-order valence-electron chi connectivity index (χ3n) is 4.16. The van der Waals surface area contributed by atoms with E-state index >= 15 is 0 Å². The second kappa shape index (κ2) is 5.81. The molecule has 0 aromatic carbocycles. The molecule has 2 aromatic rings. The molecule has 0 spiro atoms. The number of nitrogens with zero attached hydrogens (tertiary/aromatic N) is 3. The summed E-state index contributed by atoms with van der Waals surface area (Å²) in [4.78, 5) is 14.5. The zero-order valence-electron chi connectivity index (χ0n) is 12.6. The second-order valence-corrected chi connectivity index (χ2v) is 8.16. The Labute approximate surface area is 138 Å². The number of thioether (sulfide) groups is 1. The Kier molecular flexibility index (Phi) is 3.82. The molecule has 2 fully saturated rings. The normalized spacial score (nSPS) is 17.9. The van der Waals surface area contributed by atoms with Crippen LogP contribution in [0.5, 0.6) is 0 Å². The molecular formula is C16H19N3OS2. The first-order valence-corrected chi connectivity index (χ1v) is 9.76. The summed E-state index contributed by atoms with van der Waals surface area (Å²) in [6.45, 7) is 2.12. The maximum absolute atomic E-state index is 12.3. The van der Waals surface area contributed by atoms with Gasteiger partial charge in [-0.3, -0.25) is 4.79 Å². The Morgan fingerprint density at radius 1 is 1.32 bits per heavy atom. The fourth-order valence-electron chi connectivity index (χ4n) is 2.60. The van der Waals surface area contributed by atoms with Crippen molar-refractivity contribution in [3.05, 3.63) is 27.7 Å². The van der Waals surface area contributed by atoms with E-state index in [1.165, 1.54) is 30.6 Å². The number of Topliss-reactive ketones (excluding diaryl/α,β-unsaturated/α-hetero) is 1. The van der Waals surface area contributed by atoms with E-state index in [-0.39, 0.29) is 5.78 Å². The van der Waals surface area contributed by atoms with Gasteiger partial charge in [0.25, 0.3) is 0 Å². The number of hydrogen-bond acceptors (Lipinski definition) is 5. The molecule has 22 heavy (non-hydrogen) atoms. The highest BCUT2D eigenvalue weighted by molar-refractivity contribution is 7.99. The topological polar surface area (TPSA) is 47.8 Å². The highest BCUT2D eigenvalue weighted by atomic mass is 32.2. The van der Waals surface area contributed by atoms with E-state index in [1.807, 2.05) is 6.07 Å². The van der Waals surface area contributed by atoms with Gasteiger partial charge in [-0.15, -0.1) is 21.5 Å². The molecule has 4 nitrogen and oxygen atoms in total. The number of ketones is 1. The first-order chi connectivity index (χ1) is 10.8. The summed E-state index contributed by atoms with van der Waals surface area (Å²) in [5.41, 5.74) is 0. The van der Waals surface area contributed by atoms with Crippen LogP contribution in [0.25, 0.3) is 0 Å². The van der Waals surface area contributed by atoms with Crippen LogP contribution in [0.1, 0.15) is 64.9 Å². The third kappa shape index (κ3) is 2.86. The molecule has 2 heterocycles. The number of carbonyl (C=O) groups excluding carboxylic acids is 1. The predicted octanol–water partition coefficient (Wildman–Crippen LogP) is 4.09. The summed E-state index contributed by atoms with van der Waals surface area (Å²) < 4.78 is 2.31. The minimum absolute atomic E-state index is 0.202. The minimum atomic E-state index is 0.202. The highest BCUT2D eigenvalue weighted by Crippen LogP contribution is 2.46. The molecular weight excluding hydrogens is 314 g/mol. The lowest BCUT2D eigenvalue weighted by Gasteiger charge is -2.07. The summed E-state index contributed by atoms with van der Waals surface area (Å²) >= 11 is 3.16. The maximum Gasteiger partial charge on any atom is 0.191 e. The van der Waals surface area contributed by atoms with E-state index in [0.717, 1.165) is 22.3 Å². The molecule has 0 saturated heterocycles. The van der Waals surface area contributed by atoms with Crippen molar-refractivity contribution in [1.29, 1.82) is 0 Å². The number of hydrogen-bond donors (Lipinski definition) is 0. The van der Waals surface area contributed by atoms with E-state index in [2.05, 4.69) is 27.8 Å². The van der Waals surface area contributed by atoms with Gasteiger partial charge < -0.3 is 4.57 Å². The predicted molar refractivity (Wildman–Crippen MR) is 89.0 cm³/mol. The van der Waals surface area contributed by atoms with E-state index < -0.39 is 0 Å². The summed E-state index contributed by atoms with van der Waals surface area (Å²) in [7, 11) is 0. The van der Waals surface area contributed by atoms with Gasteiger partial charge in [-0.05, 0) is 44.2 Å². The van der Waals surface area contributed by atoms with Crippen LogP contribution in [-0.4, -0.2) is 26.3 Å². The molecule has 0 N–H and O–H groups in total. The SMILES string of the molecule is CCc1ccc(C(=O)CSc2nnc(C3CC3)n2C2CC2)s1. The van der Waals surface area contributed by atoms with Crippen molar-refractivity contribution in [2.45, 2.75) is 56.1 Å². The average molecular weight is 333 g/mol. The maximum atomic E-state index is 12.3. The molecule has 116 valence electrons. The number of thiophene rings is 1. The van der Waals surface area contributed by atoms with Crippen LogP contribution in [0.15, 0.2) is 17.3 Å². The van der Waals surface area contributed by atoms with Crippen molar-refractivity contribution in [3.63, 3.8) is 0 Å². The van der Waals surface area contributed by atoms with E-state index in [1.54, 1.807) is 23.1 Å². The Hall–Kier alpha value is -1.14. The number of carbonyl (C=O) groups is 1. The van der Waals surface area contributed by atoms with Crippen molar-refractivity contribution in [1.82, 2.24) is 14.8 Å². The average Bonchev–Trinajstić information content (AvgIpc) is 3.46. The number of aromatic nitrogens is 3. The lowest BCUT2D eigenvalue weighted by atomic mass is 10.3. The van der Waals surface area contributed by atoms with Crippen molar-refractivity contribution in [2.75, 3.05) is 5.75 Å². The molecule has 2 aliphatic rings. The van der Waals surface area contributed by atoms with E-state index in [0.29, 0.717) is 17.7 Å². The van der Waals surface area contributed by atoms with Crippen LogP contribution in [0.3, 0.4) is 0 Å². The fourth-order valence-corrected chi connectivity index (χ4v) is 4.47. The van der Waals surface area contributed by atoms with E-state index in [4.69, 9.17) is 0 Å². The summed E-state index contributed by atoms with van der Waals surface area (Å²) in [5.74, 6) is 2.43. The Bertz CT molecular complexity index is 698. The monoisotopic (exact) mass is 333 g/mol. The van der Waals surface area contributed by atoms with Gasteiger partial charge in [0, 0.05) is 16.8 Å². The second-order valence-electron chi connectivity index (χ2n) is 6.05. The van der Waals surface area contributed by atoms with Crippen LogP contribution < -0.4 is 0 Å². The van der Waals surface area contributed by atoms with Gasteiger partial charge in [-0.25, -0.2) is 0 Å². The van der Waals surface area contributed by atoms with Gasteiger partial charge in [0.05, 0.1) is 10.6 Å². The van der Waals surface area contributed by atoms with Crippen molar-refractivity contribution in [3.8, 4) is 0 Å². The smallest absolute Gasteiger partial charge is 0.191 e. The summed E-state index contributed by atoms with van der Waals surface area (Å²) in [6.07, 6.45) is 5.92. The zero-order chi connectivity index (χ0) is 15.1. The van der Waals surface area contributed by atoms with Gasteiger partial charge in [-0.1, -0.05) is 18.7 Å². The van der Waals surface area contributed by atoms with Crippen LogP contribution in [0.4, 0.5) is 0 Å². The third-order valence-corrected chi connectivity index (χ3v) is 6.38. The van der Waals surface area contributed by atoms with Gasteiger partial charge in [0.15, 0.2) is 10.9 Å². The molecule has 4 rings (SSSR count). The Morgan fingerprint density at radius 3 is 2.77 bits per heavy atom. The molecule has 0 aliphatic heterocycles. The molecule has 0 radical (unpaired) electrons. The molecule has 2 aromatic heterocycles. The minimum Gasteiger partial charge on any atom is -0.303 e. The standard InChI is InChI=1S/C16H19N3OS2/c1-2-12-7-8-14(22-12)13(20)9-21-16-18-17-15(10-3-4-10)19(16)11-5-6-11/h7-8,10-11H,2-6,9H2,1H3. The van der Waals surface area contributed by atoms with Crippen LogP contribution >= 0.6 is 23.1 Å². The lowest BCUT2D eigenvalue weighted by Crippen LogP contribution is -2.05. The summed E-state index contributed by atoms with van der Waals surface area (Å²) in [6, 6.07) is 4.59. The lowest BCUT2D eigenvalue weighted by molar-refractivity contribution is 0.102. The largest absolute Gasteiger partial charge is 0.303 e. The van der Waals surface area contributed by atoms with Crippen LogP contribution in [-0.2, 0) is 6.42 Å². The fraction of sp³-hybridized carbons (Fsp3) is 0.562. The van der Waals surface area contributed by atoms with Crippen molar-refractivity contribution < 1.29 is 4.79 Å². The molecule has 6 heteroatoms. The Morgan fingerprint density at radius 2 is 2.14 bits per heavy atom. The number of aryl methyl sites for hydroxylation is 1. The zero-order valence-corrected chi connectivity index (χ0v) is 14.3. The molecule has 0 unspecified atom stereocenters. The first kappa shape index (κ1) is 14.5. The van der Waals surface area contributed by atoms with Gasteiger partial charge >= 0.3 is 0 Å². The molecule has 0 bridgehead atoms. The van der Waals surface area contributed by atoms with Crippen molar-refractivity contribution in [2.24, 2.45) is 0 Å². The molecule has 0 amide bonds. The first-order valence-electron chi connectivity index (χ1n) is 7.95. The molecule has 2 saturated carbocycles. The number of rotatable bonds is 7. The Balaban J connectivity index is 1.46.